The molecule has 0 aliphatic carbocycles. The van der Waals surface area contributed by atoms with Crippen molar-refractivity contribution in [2.24, 2.45) is 0 Å². The molecule has 1 aromatic rings. The van der Waals surface area contributed by atoms with Crippen LogP contribution in [-0.4, -0.2) is 36.6 Å². The van der Waals surface area contributed by atoms with Crippen molar-refractivity contribution >= 4 is 15.9 Å². The average molecular weight is 343 g/mol. The molecule has 1 unspecified atom stereocenters. The molecule has 0 amide bonds. The van der Waals surface area contributed by atoms with Crippen molar-refractivity contribution in [3.05, 3.63) is 34.1 Å². The Morgan fingerprint density at radius 2 is 2.00 bits per heavy atom. The van der Waals surface area contributed by atoms with Gasteiger partial charge in [0.2, 0.25) is 0 Å². The molecular weight excluding hydrogens is 319 g/mol. The highest BCUT2D eigenvalue weighted by molar-refractivity contribution is 9.10. The lowest BCUT2D eigenvalue weighted by Crippen LogP contribution is -2.57. The quantitative estimate of drug-likeness (QED) is 0.879. The summed E-state index contributed by atoms with van der Waals surface area (Å²) in [6, 6.07) is 5.57. The van der Waals surface area contributed by atoms with Crippen LogP contribution in [0.1, 0.15) is 32.3 Å². The lowest BCUT2D eigenvalue weighted by atomic mass is 9.87. The number of halogens is 2. The third-order valence-corrected chi connectivity index (χ3v) is 5.05. The van der Waals surface area contributed by atoms with E-state index in [1.54, 1.807) is 6.07 Å². The van der Waals surface area contributed by atoms with E-state index in [1.807, 2.05) is 19.2 Å². The van der Waals surface area contributed by atoms with Gasteiger partial charge >= 0.3 is 0 Å². The summed E-state index contributed by atoms with van der Waals surface area (Å²) in [5.41, 5.74) is 0.810. The molecular formula is C16H24BrFN2. The smallest absolute Gasteiger partial charge is 0.127 e. The van der Waals surface area contributed by atoms with Gasteiger partial charge in [0, 0.05) is 16.1 Å². The number of nitrogens with one attached hydrogen (secondary N) is 1. The Kier molecular flexibility index (Phi) is 5.21. The Morgan fingerprint density at radius 1 is 1.35 bits per heavy atom. The zero-order valence-electron chi connectivity index (χ0n) is 12.5. The molecule has 0 spiro atoms. The topological polar surface area (TPSA) is 15.3 Å². The standard InChI is InChI=1S/C16H24BrFN2/c1-16(2,20-8-4-5-9-20)15(19-3)10-12-6-7-13(17)11-14(12)18/h6-7,11,15,19H,4-5,8-10H2,1-3H3. The zero-order valence-corrected chi connectivity index (χ0v) is 14.1. The van der Waals surface area contributed by atoms with Gasteiger partial charge in [-0.05, 0) is 70.9 Å². The van der Waals surface area contributed by atoms with E-state index >= 15 is 0 Å². The van der Waals surface area contributed by atoms with E-state index in [-0.39, 0.29) is 17.4 Å². The first kappa shape index (κ1) is 15.9. The van der Waals surface area contributed by atoms with Gasteiger partial charge < -0.3 is 5.32 Å². The summed E-state index contributed by atoms with van der Waals surface area (Å²) in [5, 5.41) is 3.39. The number of nitrogens with zero attached hydrogens (tertiary/aromatic N) is 1. The fourth-order valence-electron chi connectivity index (χ4n) is 3.13. The Labute approximate surface area is 129 Å². The predicted molar refractivity (Wildman–Crippen MR) is 85.5 cm³/mol. The van der Waals surface area contributed by atoms with Crippen molar-refractivity contribution < 1.29 is 4.39 Å². The molecule has 0 bridgehead atoms. The second-order valence-electron chi connectivity index (χ2n) is 6.13. The maximum atomic E-state index is 14.0. The normalized spacial score (nSPS) is 18.4. The van der Waals surface area contributed by atoms with E-state index < -0.39 is 0 Å². The molecule has 2 rings (SSSR count). The van der Waals surface area contributed by atoms with Gasteiger partial charge in [0.1, 0.15) is 5.82 Å². The Morgan fingerprint density at radius 3 is 2.55 bits per heavy atom. The van der Waals surface area contributed by atoms with E-state index in [0.29, 0.717) is 6.42 Å². The molecule has 1 N–H and O–H groups in total. The minimum absolute atomic E-state index is 0.0325. The Hall–Kier alpha value is -0.450. The molecule has 112 valence electrons. The molecule has 1 fully saturated rings. The minimum Gasteiger partial charge on any atom is -0.315 e. The number of benzene rings is 1. The van der Waals surface area contributed by atoms with Crippen molar-refractivity contribution in [2.45, 2.75) is 44.7 Å². The summed E-state index contributed by atoms with van der Waals surface area (Å²) in [6.45, 7) is 6.81. The second-order valence-corrected chi connectivity index (χ2v) is 7.04. The molecule has 0 saturated carbocycles. The van der Waals surface area contributed by atoms with Crippen molar-refractivity contribution in [1.29, 1.82) is 0 Å². The molecule has 2 nitrogen and oxygen atoms in total. The first-order chi connectivity index (χ1) is 9.45. The van der Waals surface area contributed by atoms with Gasteiger partial charge in [-0.25, -0.2) is 4.39 Å². The second kappa shape index (κ2) is 6.54. The van der Waals surface area contributed by atoms with E-state index in [1.165, 1.54) is 12.8 Å². The van der Waals surface area contributed by atoms with Crippen LogP contribution >= 0.6 is 15.9 Å². The number of hydrogen-bond acceptors (Lipinski definition) is 2. The summed E-state index contributed by atoms with van der Waals surface area (Å²) >= 11 is 3.31. The van der Waals surface area contributed by atoms with Crippen LogP contribution in [0.15, 0.2) is 22.7 Å². The van der Waals surface area contributed by atoms with Crippen molar-refractivity contribution in [3.63, 3.8) is 0 Å². The lowest BCUT2D eigenvalue weighted by molar-refractivity contribution is 0.110. The van der Waals surface area contributed by atoms with E-state index in [0.717, 1.165) is 23.1 Å². The summed E-state index contributed by atoms with van der Waals surface area (Å²) in [4.78, 5) is 2.52. The van der Waals surface area contributed by atoms with Crippen molar-refractivity contribution in [3.8, 4) is 0 Å². The highest BCUT2D eigenvalue weighted by atomic mass is 79.9. The maximum Gasteiger partial charge on any atom is 0.127 e. The van der Waals surface area contributed by atoms with Crippen LogP contribution in [-0.2, 0) is 6.42 Å². The van der Waals surface area contributed by atoms with Gasteiger partial charge in [-0.1, -0.05) is 22.0 Å². The molecule has 1 saturated heterocycles. The third-order valence-electron chi connectivity index (χ3n) is 4.56. The van der Waals surface area contributed by atoms with Crippen LogP contribution in [0, 0.1) is 5.82 Å². The number of hydrogen-bond donors (Lipinski definition) is 1. The molecule has 1 aliphatic heterocycles. The van der Waals surface area contributed by atoms with Crippen molar-refractivity contribution in [2.75, 3.05) is 20.1 Å². The number of likely N-dealkylation sites (N-methyl/N-ethyl adjacent to an activating group) is 1. The first-order valence-electron chi connectivity index (χ1n) is 7.31. The summed E-state index contributed by atoms with van der Waals surface area (Å²) < 4.78 is 14.8. The number of rotatable bonds is 5. The molecule has 1 aromatic carbocycles. The van der Waals surface area contributed by atoms with Crippen LogP contribution in [0.3, 0.4) is 0 Å². The Balaban J connectivity index is 2.15. The summed E-state index contributed by atoms with van der Waals surface area (Å²) in [5.74, 6) is -0.128. The van der Waals surface area contributed by atoms with Gasteiger partial charge in [-0.15, -0.1) is 0 Å². The van der Waals surface area contributed by atoms with E-state index in [2.05, 4.69) is 40.0 Å². The van der Waals surface area contributed by atoms with E-state index in [9.17, 15) is 4.39 Å². The van der Waals surface area contributed by atoms with Crippen molar-refractivity contribution in [1.82, 2.24) is 10.2 Å². The third kappa shape index (κ3) is 3.41. The van der Waals surface area contributed by atoms with Gasteiger partial charge in [-0.3, -0.25) is 4.90 Å². The van der Waals surface area contributed by atoms with Gasteiger partial charge in [0.15, 0.2) is 0 Å². The van der Waals surface area contributed by atoms with Crippen LogP contribution in [0.5, 0.6) is 0 Å². The van der Waals surface area contributed by atoms with Crippen LogP contribution in [0.4, 0.5) is 4.39 Å². The van der Waals surface area contributed by atoms with Gasteiger partial charge in [0.25, 0.3) is 0 Å². The first-order valence-corrected chi connectivity index (χ1v) is 8.10. The zero-order chi connectivity index (χ0) is 14.8. The van der Waals surface area contributed by atoms with Gasteiger partial charge in [0.05, 0.1) is 0 Å². The summed E-state index contributed by atoms with van der Waals surface area (Å²) in [6.07, 6.45) is 3.25. The fraction of sp³-hybridized carbons (Fsp3) is 0.625. The minimum atomic E-state index is -0.128. The monoisotopic (exact) mass is 342 g/mol. The highest BCUT2D eigenvalue weighted by Crippen LogP contribution is 2.27. The average Bonchev–Trinajstić information content (AvgIpc) is 2.92. The molecule has 1 atom stereocenters. The molecule has 20 heavy (non-hydrogen) atoms. The molecule has 4 heteroatoms. The maximum absolute atomic E-state index is 14.0. The van der Waals surface area contributed by atoms with Crippen LogP contribution < -0.4 is 5.32 Å². The Bertz CT molecular complexity index is 456. The predicted octanol–water partition coefficient (Wildman–Crippen LogP) is 3.59. The van der Waals surface area contributed by atoms with Crippen LogP contribution in [0.25, 0.3) is 0 Å². The molecule has 0 aromatic heterocycles. The number of likely N-dealkylation sites (tertiary alicyclic amines) is 1. The fourth-order valence-corrected chi connectivity index (χ4v) is 3.46. The van der Waals surface area contributed by atoms with E-state index in [4.69, 9.17) is 0 Å². The SMILES string of the molecule is CNC(Cc1ccc(Br)cc1F)C(C)(C)N1CCCC1. The molecule has 1 heterocycles. The summed E-state index contributed by atoms with van der Waals surface area (Å²) in [7, 11) is 1.97. The molecule has 0 radical (unpaired) electrons. The lowest BCUT2D eigenvalue weighted by Gasteiger charge is -2.42. The van der Waals surface area contributed by atoms with Crippen LogP contribution in [0.2, 0.25) is 0 Å². The molecule has 1 aliphatic rings. The largest absolute Gasteiger partial charge is 0.315 e. The highest BCUT2D eigenvalue weighted by Gasteiger charge is 2.36. The van der Waals surface area contributed by atoms with Gasteiger partial charge in [-0.2, -0.15) is 0 Å².